The molecule has 108 valence electrons. The molecule has 0 saturated carbocycles. The molecule has 0 bridgehead atoms. The van der Waals surface area contributed by atoms with E-state index < -0.39 is 38.2 Å². The van der Waals surface area contributed by atoms with E-state index in [1.54, 1.807) is 6.92 Å². The highest BCUT2D eigenvalue weighted by molar-refractivity contribution is 7.89. The van der Waals surface area contributed by atoms with E-state index in [1.165, 1.54) is 0 Å². The molecule has 0 aromatic heterocycles. The van der Waals surface area contributed by atoms with Crippen LogP contribution in [0.2, 0.25) is 0 Å². The first-order valence-corrected chi connectivity index (χ1v) is 6.83. The van der Waals surface area contributed by atoms with E-state index in [0.717, 1.165) is 0 Å². The number of likely N-dealkylation sites (N-methyl/N-ethyl adjacent to an activating group) is 1. The molecule has 1 aromatic rings. The minimum atomic E-state index is -4.67. The first-order valence-electron chi connectivity index (χ1n) is 5.34. The van der Waals surface area contributed by atoms with Crippen molar-refractivity contribution < 1.29 is 26.0 Å². The molecule has 9 heteroatoms. The van der Waals surface area contributed by atoms with E-state index in [2.05, 4.69) is 5.32 Å². The molecule has 0 heterocycles. The number of rotatable bonds is 6. The smallest absolute Gasteiger partial charge is 0.246 e. The molecule has 0 saturated heterocycles. The van der Waals surface area contributed by atoms with E-state index in [-0.39, 0.29) is 19.2 Å². The predicted octanol–water partition coefficient (Wildman–Crippen LogP) is 1.13. The van der Waals surface area contributed by atoms with Crippen molar-refractivity contribution >= 4 is 10.0 Å². The van der Waals surface area contributed by atoms with Crippen molar-refractivity contribution in [3.05, 3.63) is 29.3 Å². The summed E-state index contributed by atoms with van der Waals surface area (Å²) in [6.45, 7) is 2.37. The summed E-state index contributed by atoms with van der Waals surface area (Å²) in [5.74, 6) is -7.44. The van der Waals surface area contributed by atoms with Crippen LogP contribution in [-0.2, 0) is 10.0 Å². The second-order valence-corrected chi connectivity index (χ2v) is 5.25. The normalized spacial score (nSPS) is 11.8. The molecule has 4 nitrogen and oxygen atoms in total. The molecule has 1 aromatic carbocycles. The molecule has 0 aliphatic carbocycles. The van der Waals surface area contributed by atoms with Gasteiger partial charge in [0, 0.05) is 19.2 Å². The highest BCUT2D eigenvalue weighted by Gasteiger charge is 2.29. The third kappa shape index (κ3) is 3.64. The Kier molecular flexibility index (Phi) is 5.27. The maximum absolute atomic E-state index is 13.3. The molecule has 0 spiro atoms. The molecule has 2 N–H and O–H groups in total. The van der Waals surface area contributed by atoms with Gasteiger partial charge in [0.05, 0.1) is 0 Å². The Balaban J connectivity index is 3.08. The minimum absolute atomic E-state index is 0.0532. The van der Waals surface area contributed by atoms with Gasteiger partial charge >= 0.3 is 0 Å². The number of hydrogen-bond donors (Lipinski definition) is 2. The predicted molar refractivity (Wildman–Crippen MR) is 60.0 cm³/mol. The molecule has 0 aliphatic heterocycles. The van der Waals surface area contributed by atoms with Crippen molar-refractivity contribution in [1.82, 2.24) is 10.0 Å². The maximum atomic E-state index is 13.3. The lowest BCUT2D eigenvalue weighted by atomic mass is 10.3. The first kappa shape index (κ1) is 15.9. The van der Waals surface area contributed by atoms with Crippen LogP contribution in [0.4, 0.5) is 17.6 Å². The summed E-state index contributed by atoms with van der Waals surface area (Å²) >= 11 is 0. The maximum Gasteiger partial charge on any atom is 0.246 e. The van der Waals surface area contributed by atoms with E-state index in [9.17, 15) is 26.0 Å². The molecular formula is C10H12F4N2O2S. The zero-order chi connectivity index (χ0) is 14.6. The van der Waals surface area contributed by atoms with Crippen LogP contribution >= 0.6 is 0 Å². The monoisotopic (exact) mass is 300 g/mol. The second-order valence-electron chi connectivity index (χ2n) is 3.55. The molecular weight excluding hydrogens is 288 g/mol. The van der Waals surface area contributed by atoms with Gasteiger partial charge < -0.3 is 5.32 Å². The van der Waals surface area contributed by atoms with Gasteiger partial charge in [-0.25, -0.2) is 30.7 Å². The summed E-state index contributed by atoms with van der Waals surface area (Å²) in [6.07, 6.45) is 0. The standard InChI is InChI=1S/C10H12F4N2O2S/c1-2-15-3-4-16-19(17,18)10-8(13)6(11)5-7(12)9(10)14/h5,15-16H,2-4H2,1H3. The van der Waals surface area contributed by atoms with Crippen LogP contribution in [-0.4, -0.2) is 28.1 Å². The SMILES string of the molecule is CCNCCNS(=O)(=O)c1c(F)c(F)cc(F)c1F. The van der Waals surface area contributed by atoms with Crippen LogP contribution in [0, 0.1) is 23.3 Å². The number of nitrogens with one attached hydrogen (secondary N) is 2. The van der Waals surface area contributed by atoms with Crippen LogP contribution in [0.1, 0.15) is 6.92 Å². The minimum Gasteiger partial charge on any atom is -0.316 e. The number of sulfonamides is 1. The number of hydrogen-bond acceptors (Lipinski definition) is 3. The zero-order valence-electron chi connectivity index (χ0n) is 9.94. The number of benzene rings is 1. The van der Waals surface area contributed by atoms with Gasteiger partial charge in [0.25, 0.3) is 0 Å². The van der Waals surface area contributed by atoms with Crippen LogP contribution in [0.5, 0.6) is 0 Å². The van der Waals surface area contributed by atoms with Gasteiger partial charge in [-0.1, -0.05) is 6.92 Å². The van der Waals surface area contributed by atoms with Crippen molar-refractivity contribution in [2.45, 2.75) is 11.8 Å². The Morgan fingerprint density at radius 1 is 1.05 bits per heavy atom. The molecule has 0 radical (unpaired) electrons. The average molecular weight is 300 g/mol. The summed E-state index contributed by atoms with van der Waals surface area (Å²) < 4.78 is 77.4. The zero-order valence-corrected chi connectivity index (χ0v) is 10.8. The third-order valence-corrected chi connectivity index (χ3v) is 3.66. The van der Waals surface area contributed by atoms with Crippen molar-refractivity contribution in [3.63, 3.8) is 0 Å². The molecule has 0 amide bonds. The largest absolute Gasteiger partial charge is 0.316 e. The molecule has 0 atom stereocenters. The van der Waals surface area contributed by atoms with Gasteiger partial charge in [0.15, 0.2) is 28.2 Å². The Hall–Kier alpha value is -1.19. The first-order chi connectivity index (χ1) is 8.81. The van der Waals surface area contributed by atoms with E-state index in [0.29, 0.717) is 6.54 Å². The van der Waals surface area contributed by atoms with Crippen LogP contribution < -0.4 is 10.0 Å². The van der Waals surface area contributed by atoms with Gasteiger partial charge in [0.1, 0.15) is 0 Å². The van der Waals surface area contributed by atoms with Crippen molar-refractivity contribution in [2.24, 2.45) is 0 Å². The van der Waals surface area contributed by atoms with E-state index >= 15 is 0 Å². The topological polar surface area (TPSA) is 58.2 Å². The molecule has 0 fully saturated rings. The van der Waals surface area contributed by atoms with Crippen molar-refractivity contribution in [2.75, 3.05) is 19.6 Å². The van der Waals surface area contributed by atoms with Gasteiger partial charge in [-0.3, -0.25) is 0 Å². The summed E-state index contributed by atoms with van der Waals surface area (Å²) in [5.41, 5.74) is 0. The van der Waals surface area contributed by atoms with Crippen LogP contribution in [0.25, 0.3) is 0 Å². The summed E-state index contributed by atoms with van der Waals surface area (Å²) in [6, 6.07) is -0.0532. The van der Waals surface area contributed by atoms with E-state index in [4.69, 9.17) is 0 Å². The Labute approximate surface area is 107 Å². The lowest BCUT2D eigenvalue weighted by Gasteiger charge is -2.09. The average Bonchev–Trinajstić information content (AvgIpc) is 2.32. The fourth-order valence-corrected chi connectivity index (χ4v) is 2.49. The lowest BCUT2D eigenvalue weighted by molar-refractivity contribution is 0.418. The fraction of sp³-hybridized carbons (Fsp3) is 0.400. The lowest BCUT2D eigenvalue weighted by Crippen LogP contribution is -2.33. The Morgan fingerprint density at radius 2 is 1.58 bits per heavy atom. The number of halogens is 4. The van der Waals surface area contributed by atoms with Gasteiger partial charge in [0.2, 0.25) is 10.0 Å². The third-order valence-electron chi connectivity index (χ3n) is 2.18. The highest BCUT2D eigenvalue weighted by Crippen LogP contribution is 2.23. The fourth-order valence-electron chi connectivity index (χ4n) is 1.31. The Bertz CT molecular complexity index is 537. The summed E-state index contributed by atoms with van der Waals surface area (Å²) in [5, 5.41) is 2.76. The van der Waals surface area contributed by atoms with Crippen molar-refractivity contribution in [1.29, 1.82) is 0 Å². The second kappa shape index (κ2) is 6.31. The Morgan fingerprint density at radius 3 is 2.05 bits per heavy atom. The van der Waals surface area contributed by atoms with Crippen molar-refractivity contribution in [3.8, 4) is 0 Å². The summed E-state index contributed by atoms with van der Waals surface area (Å²) in [7, 11) is -4.67. The van der Waals surface area contributed by atoms with Crippen LogP contribution in [0.15, 0.2) is 11.0 Å². The van der Waals surface area contributed by atoms with Gasteiger partial charge in [-0.05, 0) is 6.54 Å². The van der Waals surface area contributed by atoms with Crippen LogP contribution in [0.3, 0.4) is 0 Å². The van der Waals surface area contributed by atoms with Gasteiger partial charge in [-0.2, -0.15) is 0 Å². The van der Waals surface area contributed by atoms with E-state index in [1.807, 2.05) is 4.72 Å². The molecule has 19 heavy (non-hydrogen) atoms. The van der Waals surface area contributed by atoms with Gasteiger partial charge in [-0.15, -0.1) is 0 Å². The quantitative estimate of drug-likeness (QED) is 0.470. The molecule has 0 unspecified atom stereocenters. The molecule has 0 aliphatic rings. The summed E-state index contributed by atoms with van der Waals surface area (Å²) in [4.78, 5) is -1.65. The highest BCUT2D eigenvalue weighted by atomic mass is 32.2. The molecule has 1 rings (SSSR count).